The van der Waals surface area contributed by atoms with E-state index in [4.69, 9.17) is 15.5 Å². The zero-order valence-corrected chi connectivity index (χ0v) is 19.5. The highest BCUT2D eigenvalue weighted by atomic mass is 32.3. The summed E-state index contributed by atoms with van der Waals surface area (Å²) in [7, 11) is -0.533. The second-order valence-electron chi connectivity index (χ2n) is 8.88. The molecule has 1 aromatic carbocycles. The standard InChI is InChI=1S/C23H33N5O2S/c1-17-14-21(25-22(15-17)28-6-10-30-11-7-28)26-23(29)19-5-4-18(24)16-20(19)27-8-12-31(2,3)13-9-27/h4-5,14-16H,6-13,24H2,1-3H3,(H,25,26,29). The van der Waals surface area contributed by atoms with Crippen LogP contribution in [0.15, 0.2) is 30.3 Å². The number of ether oxygens (including phenoxy) is 1. The summed E-state index contributed by atoms with van der Waals surface area (Å²) >= 11 is 0. The van der Waals surface area contributed by atoms with Crippen LogP contribution in [0.4, 0.5) is 23.0 Å². The second kappa shape index (κ2) is 8.96. The molecule has 0 bridgehead atoms. The fraction of sp³-hybridized carbons (Fsp3) is 0.478. The van der Waals surface area contributed by atoms with Gasteiger partial charge in [0.1, 0.15) is 11.6 Å². The zero-order chi connectivity index (χ0) is 22.0. The van der Waals surface area contributed by atoms with Gasteiger partial charge in [0, 0.05) is 31.9 Å². The molecule has 168 valence electrons. The summed E-state index contributed by atoms with van der Waals surface area (Å²) < 4.78 is 5.44. The number of anilines is 4. The van der Waals surface area contributed by atoms with Crippen LogP contribution < -0.4 is 20.9 Å². The Hall–Kier alpha value is -2.45. The Balaban J connectivity index is 1.56. The van der Waals surface area contributed by atoms with E-state index in [0.29, 0.717) is 30.3 Å². The van der Waals surface area contributed by atoms with Crippen molar-refractivity contribution in [1.82, 2.24) is 4.98 Å². The van der Waals surface area contributed by atoms with Gasteiger partial charge in [0.05, 0.1) is 24.5 Å². The molecule has 3 heterocycles. The van der Waals surface area contributed by atoms with Crippen LogP contribution in [0.5, 0.6) is 0 Å². The van der Waals surface area contributed by atoms with Crippen LogP contribution in [-0.4, -0.2) is 74.3 Å². The lowest BCUT2D eigenvalue weighted by Gasteiger charge is -2.42. The molecule has 7 nitrogen and oxygen atoms in total. The maximum absolute atomic E-state index is 13.3. The molecule has 8 heteroatoms. The Bertz CT molecular complexity index is 949. The number of amides is 1. The molecule has 0 atom stereocenters. The number of aryl methyl sites for hydroxylation is 1. The predicted molar refractivity (Wildman–Crippen MR) is 132 cm³/mol. The number of benzene rings is 1. The molecule has 2 aromatic rings. The minimum Gasteiger partial charge on any atom is -0.399 e. The molecule has 1 aromatic heterocycles. The van der Waals surface area contributed by atoms with Crippen molar-refractivity contribution in [2.45, 2.75) is 6.92 Å². The average molecular weight is 444 g/mol. The van der Waals surface area contributed by atoms with Crippen LogP contribution in [0.3, 0.4) is 0 Å². The van der Waals surface area contributed by atoms with Crippen molar-refractivity contribution in [3.05, 3.63) is 41.5 Å². The topological polar surface area (TPSA) is 83.7 Å². The van der Waals surface area contributed by atoms with E-state index >= 15 is 0 Å². The average Bonchev–Trinajstić information content (AvgIpc) is 2.74. The van der Waals surface area contributed by atoms with Crippen molar-refractivity contribution in [2.24, 2.45) is 0 Å². The van der Waals surface area contributed by atoms with Gasteiger partial charge in [-0.15, -0.1) is 0 Å². The van der Waals surface area contributed by atoms with Crippen molar-refractivity contribution in [1.29, 1.82) is 0 Å². The number of nitrogens with two attached hydrogens (primary N) is 1. The van der Waals surface area contributed by atoms with Crippen LogP contribution in [0.25, 0.3) is 0 Å². The Kier molecular flexibility index (Phi) is 6.29. The van der Waals surface area contributed by atoms with E-state index in [9.17, 15) is 4.79 Å². The van der Waals surface area contributed by atoms with Gasteiger partial charge in [0.25, 0.3) is 5.91 Å². The van der Waals surface area contributed by atoms with Crippen LogP contribution >= 0.6 is 10.0 Å². The number of hydrogen-bond acceptors (Lipinski definition) is 6. The van der Waals surface area contributed by atoms with Gasteiger partial charge in [0.15, 0.2) is 0 Å². The number of nitrogens with one attached hydrogen (secondary N) is 1. The highest BCUT2D eigenvalue weighted by Crippen LogP contribution is 2.43. The van der Waals surface area contributed by atoms with E-state index in [1.807, 2.05) is 31.2 Å². The monoisotopic (exact) mass is 443 g/mol. The lowest BCUT2D eigenvalue weighted by molar-refractivity contribution is 0.102. The third kappa shape index (κ3) is 5.25. The summed E-state index contributed by atoms with van der Waals surface area (Å²) in [6.45, 7) is 6.93. The highest BCUT2D eigenvalue weighted by molar-refractivity contribution is 8.32. The molecular formula is C23H33N5O2S. The van der Waals surface area contributed by atoms with Crippen LogP contribution in [0.1, 0.15) is 15.9 Å². The van der Waals surface area contributed by atoms with Crippen LogP contribution in [0, 0.1) is 6.92 Å². The first-order valence-corrected chi connectivity index (χ1v) is 13.6. The quantitative estimate of drug-likeness (QED) is 0.707. The number of nitrogen functional groups attached to an aromatic ring is 1. The number of hydrogen-bond donors (Lipinski definition) is 2. The summed E-state index contributed by atoms with van der Waals surface area (Å²) in [5.41, 5.74) is 9.36. The maximum atomic E-state index is 13.3. The van der Waals surface area contributed by atoms with E-state index in [1.165, 1.54) is 11.5 Å². The molecule has 4 rings (SSSR count). The molecule has 2 aliphatic rings. The Morgan fingerprint density at radius 2 is 1.77 bits per heavy atom. The predicted octanol–water partition coefficient (Wildman–Crippen LogP) is 2.95. The number of carbonyl (C=O) groups excluding carboxylic acids is 1. The largest absolute Gasteiger partial charge is 0.399 e. The fourth-order valence-electron chi connectivity index (χ4n) is 4.02. The lowest BCUT2D eigenvalue weighted by Crippen LogP contribution is -2.39. The number of rotatable bonds is 4. The van der Waals surface area contributed by atoms with E-state index in [1.54, 1.807) is 6.07 Å². The van der Waals surface area contributed by atoms with E-state index < -0.39 is 10.0 Å². The van der Waals surface area contributed by atoms with Gasteiger partial charge in [0.2, 0.25) is 0 Å². The second-order valence-corrected chi connectivity index (χ2v) is 13.2. The van der Waals surface area contributed by atoms with Gasteiger partial charge >= 0.3 is 0 Å². The summed E-state index contributed by atoms with van der Waals surface area (Å²) in [6.07, 6.45) is 4.76. The van der Waals surface area contributed by atoms with Crippen molar-refractivity contribution >= 4 is 38.9 Å². The number of morpholine rings is 1. The van der Waals surface area contributed by atoms with E-state index in [0.717, 1.165) is 43.2 Å². The third-order valence-electron chi connectivity index (χ3n) is 5.97. The van der Waals surface area contributed by atoms with Crippen molar-refractivity contribution < 1.29 is 9.53 Å². The highest BCUT2D eigenvalue weighted by Gasteiger charge is 2.25. The van der Waals surface area contributed by atoms with Crippen molar-refractivity contribution in [3.63, 3.8) is 0 Å². The summed E-state index contributed by atoms with van der Waals surface area (Å²) in [4.78, 5) is 22.5. The molecule has 0 radical (unpaired) electrons. The maximum Gasteiger partial charge on any atom is 0.258 e. The Morgan fingerprint density at radius 1 is 1.06 bits per heavy atom. The van der Waals surface area contributed by atoms with Gasteiger partial charge in [-0.25, -0.2) is 15.0 Å². The number of aromatic nitrogens is 1. The Labute approximate surface area is 186 Å². The van der Waals surface area contributed by atoms with Gasteiger partial charge in [-0.05, 0) is 66.8 Å². The molecule has 2 aliphatic heterocycles. The molecule has 2 fully saturated rings. The number of nitrogens with zero attached hydrogens (tertiary/aromatic N) is 3. The molecular weight excluding hydrogens is 410 g/mol. The smallest absolute Gasteiger partial charge is 0.258 e. The molecule has 3 N–H and O–H groups in total. The Morgan fingerprint density at radius 3 is 2.48 bits per heavy atom. The molecule has 0 aliphatic carbocycles. The van der Waals surface area contributed by atoms with Crippen molar-refractivity contribution in [3.8, 4) is 0 Å². The van der Waals surface area contributed by atoms with Gasteiger partial charge < -0.3 is 25.6 Å². The van der Waals surface area contributed by atoms with Gasteiger partial charge in [-0.2, -0.15) is 0 Å². The van der Waals surface area contributed by atoms with Crippen molar-refractivity contribution in [2.75, 3.05) is 84.3 Å². The summed E-state index contributed by atoms with van der Waals surface area (Å²) in [5.74, 6) is 3.63. The third-order valence-corrected chi connectivity index (χ3v) is 8.54. The SMILES string of the molecule is Cc1cc(NC(=O)c2ccc(N)cc2N2CCS(C)(C)CC2)nc(N2CCOCC2)c1. The normalized spacial score (nSPS) is 19.7. The van der Waals surface area contributed by atoms with E-state index in [2.05, 4.69) is 27.6 Å². The molecule has 0 spiro atoms. The molecule has 2 saturated heterocycles. The van der Waals surface area contributed by atoms with Gasteiger partial charge in [-0.3, -0.25) is 4.79 Å². The first-order valence-electron chi connectivity index (χ1n) is 10.8. The van der Waals surface area contributed by atoms with E-state index in [-0.39, 0.29) is 5.91 Å². The van der Waals surface area contributed by atoms with Crippen LogP contribution in [-0.2, 0) is 4.74 Å². The first-order chi connectivity index (χ1) is 14.8. The fourth-order valence-corrected chi connectivity index (χ4v) is 5.66. The minimum atomic E-state index is -0.533. The minimum absolute atomic E-state index is 0.154. The number of carbonyl (C=O) groups is 1. The van der Waals surface area contributed by atoms with Crippen LogP contribution in [0.2, 0.25) is 0 Å². The molecule has 31 heavy (non-hydrogen) atoms. The summed E-state index contributed by atoms with van der Waals surface area (Å²) in [5, 5.41) is 3.02. The number of pyridine rings is 1. The van der Waals surface area contributed by atoms with Gasteiger partial charge in [-0.1, -0.05) is 0 Å². The molecule has 0 saturated carbocycles. The molecule has 0 unspecified atom stereocenters. The lowest BCUT2D eigenvalue weighted by atomic mass is 10.1. The molecule has 1 amide bonds. The summed E-state index contributed by atoms with van der Waals surface area (Å²) in [6, 6.07) is 9.50. The zero-order valence-electron chi connectivity index (χ0n) is 18.7. The first kappa shape index (κ1) is 21.8.